The fraction of sp³-hybridized carbons (Fsp3) is 0.500. The molecule has 0 saturated heterocycles. The van der Waals surface area contributed by atoms with E-state index in [0.717, 1.165) is 5.92 Å². The number of hydrogen-bond acceptors (Lipinski definition) is 0. The van der Waals surface area contributed by atoms with Gasteiger partial charge < -0.3 is 0 Å². The number of allylic oxidation sites excluding steroid dienone is 2. The van der Waals surface area contributed by atoms with Gasteiger partial charge in [0.15, 0.2) is 0 Å². The van der Waals surface area contributed by atoms with Gasteiger partial charge in [-0.25, -0.2) is 0 Å². The third kappa shape index (κ3) is 2.24. The summed E-state index contributed by atoms with van der Waals surface area (Å²) >= 11 is 0. The first kappa shape index (κ1) is 13.3. The molecule has 0 aliphatic heterocycles. The van der Waals surface area contributed by atoms with Crippen LogP contribution in [0.4, 0.5) is 0 Å². The Morgan fingerprint density at radius 3 is 2.53 bits per heavy atom. The van der Waals surface area contributed by atoms with Crippen molar-refractivity contribution in [3.05, 3.63) is 40.5 Å². The Morgan fingerprint density at radius 1 is 1.12 bits per heavy atom. The van der Waals surface area contributed by atoms with Crippen molar-refractivity contribution in [1.82, 2.24) is 0 Å². The second-order valence-corrected chi connectivity index (χ2v) is 5.30. The Hall–Kier alpha value is -0.157. The molecule has 0 N–H and O–H groups in total. The van der Waals surface area contributed by atoms with Gasteiger partial charge in [-0.1, -0.05) is 32.1 Å². The molecule has 0 aromatic heterocycles. The van der Waals surface area contributed by atoms with E-state index in [9.17, 15) is 0 Å². The molecule has 1 aromatic rings. The van der Waals surface area contributed by atoms with Crippen molar-refractivity contribution in [2.75, 3.05) is 0 Å². The molecular formula is C16H20Zr. The molecule has 1 atom stereocenters. The number of hydrogen-bond donors (Lipinski definition) is 0. The molecule has 0 heterocycles. The molecule has 1 aromatic carbocycles. The van der Waals surface area contributed by atoms with Gasteiger partial charge in [0, 0.05) is 26.2 Å². The van der Waals surface area contributed by atoms with Crippen molar-refractivity contribution >= 4 is 5.57 Å². The molecule has 3 rings (SSSR count). The van der Waals surface area contributed by atoms with E-state index in [1.54, 1.807) is 27.8 Å². The topological polar surface area (TPSA) is 0 Å². The maximum atomic E-state index is 2.49. The maximum Gasteiger partial charge on any atom is 0 e. The van der Waals surface area contributed by atoms with Crippen molar-refractivity contribution in [3.8, 4) is 0 Å². The predicted molar refractivity (Wildman–Crippen MR) is 69.6 cm³/mol. The van der Waals surface area contributed by atoms with Gasteiger partial charge in [-0.2, -0.15) is 0 Å². The Morgan fingerprint density at radius 2 is 1.82 bits per heavy atom. The van der Waals surface area contributed by atoms with E-state index >= 15 is 0 Å². The minimum atomic E-state index is 0. The smallest absolute Gasteiger partial charge is 0 e. The number of rotatable bonds is 2. The zero-order valence-electron chi connectivity index (χ0n) is 10.8. The van der Waals surface area contributed by atoms with E-state index in [2.05, 4.69) is 32.1 Å². The molecule has 1 heteroatoms. The third-order valence-electron chi connectivity index (χ3n) is 4.31. The first-order valence-electron chi connectivity index (χ1n) is 6.64. The van der Waals surface area contributed by atoms with Crippen molar-refractivity contribution in [1.29, 1.82) is 0 Å². The van der Waals surface area contributed by atoms with Crippen LogP contribution >= 0.6 is 0 Å². The molecule has 0 spiro atoms. The van der Waals surface area contributed by atoms with Crippen LogP contribution in [0.3, 0.4) is 0 Å². The van der Waals surface area contributed by atoms with Gasteiger partial charge in [-0.05, 0) is 65.8 Å². The van der Waals surface area contributed by atoms with Crippen LogP contribution in [0.5, 0.6) is 0 Å². The standard InChI is InChI=1S/C16H20.Zr/c1-3-11(2)15-8-7-14-9-12-5-4-6-13(12)10-16(14)15;/h8-11H,3-7H2,1-2H3;. The Kier molecular flexibility index (Phi) is 4.08. The van der Waals surface area contributed by atoms with Crippen LogP contribution in [0.25, 0.3) is 5.57 Å². The minimum Gasteiger partial charge on any atom is -0.0760 e. The molecule has 88 valence electrons. The van der Waals surface area contributed by atoms with Crippen LogP contribution in [0, 0.1) is 5.92 Å². The average Bonchev–Trinajstić information content (AvgIpc) is 2.90. The summed E-state index contributed by atoms with van der Waals surface area (Å²) in [6.45, 7) is 4.64. The number of aryl methyl sites for hydroxylation is 2. The van der Waals surface area contributed by atoms with Crippen LogP contribution in [0.2, 0.25) is 0 Å². The Labute approximate surface area is 124 Å². The van der Waals surface area contributed by atoms with Crippen LogP contribution in [0.1, 0.15) is 48.9 Å². The van der Waals surface area contributed by atoms with Crippen molar-refractivity contribution < 1.29 is 26.2 Å². The van der Waals surface area contributed by atoms with Gasteiger partial charge in [0.1, 0.15) is 0 Å². The largest absolute Gasteiger partial charge is 0.0760 e. The average molecular weight is 304 g/mol. The van der Waals surface area contributed by atoms with E-state index < -0.39 is 0 Å². The summed E-state index contributed by atoms with van der Waals surface area (Å²) in [5.74, 6) is 0.723. The summed E-state index contributed by atoms with van der Waals surface area (Å²) in [7, 11) is 0. The molecule has 0 fully saturated rings. The zero-order chi connectivity index (χ0) is 11.1. The van der Waals surface area contributed by atoms with Gasteiger partial charge in [-0.15, -0.1) is 0 Å². The van der Waals surface area contributed by atoms with Gasteiger partial charge in [-0.3, -0.25) is 0 Å². The Balaban J connectivity index is 0.00000108. The van der Waals surface area contributed by atoms with E-state index in [1.165, 1.54) is 32.1 Å². The van der Waals surface area contributed by atoms with Crippen LogP contribution in [-0.4, -0.2) is 0 Å². The second-order valence-electron chi connectivity index (χ2n) is 5.30. The number of benzene rings is 1. The van der Waals surface area contributed by atoms with Gasteiger partial charge in [0.05, 0.1) is 0 Å². The summed E-state index contributed by atoms with van der Waals surface area (Å²) in [5.41, 5.74) is 7.99. The normalized spacial score (nSPS) is 18.1. The van der Waals surface area contributed by atoms with E-state index in [4.69, 9.17) is 0 Å². The molecule has 0 saturated carbocycles. The van der Waals surface area contributed by atoms with E-state index in [-0.39, 0.29) is 26.2 Å². The SMILES string of the molecule is CCC(C)C1=CCc2cc3c(cc21)CCC3.[Zr]. The molecule has 0 nitrogen and oxygen atoms in total. The minimum absolute atomic E-state index is 0. The third-order valence-corrected chi connectivity index (χ3v) is 4.31. The monoisotopic (exact) mass is 302 g/mol. The van der Waals surface area contributed by atoms with E-state index in [0.29, 0.717) is 0 Å². The first-order valence-corrected chi connectivity index (χ1v) is 6.64. The Bertz CT molecular complexity index is 457. The summed E-state index contributed by atoms with van der Waals surface area (Å²) in [5, 5.41) is 0. The van der Waals surface area contributed by atoms with Gasteiger partial charge in [0.2, 0.25) is 0 Å². The fourth-order valence-corrected chi connectivity index (χ4v) is 3.13. The fourth-order valence-electron chi connectivity index (χ4n) is 3.13. The van der Waals surface area contributed by atoms with E-state index in [1.807, 2.05) is 0 Å². The zero-order valence-corrected chi connectivity index (χ0v) is 13.3. The molecular weight excluding hydrogens is 283 g/mol. The molecule has 0 radical (unpaired) electrons. The molecule has 2 aliphatic rings. The quantitative estimate of drug-likeness (QED) is 0.769. The summed E-state index contributed by atoms with van der Waals surface area (Å²) in [6.07, 6.45) is 8.84. The molecule has 17 heavy (non-hydrogen) atoms. The first-order chi connectivity index (χ1) is 7.79. The maximum absolute atomic E-state index is 2.49. The summed E-state index contributed by atoms with van der Waals surface area (Å²) in [4.78, 5) is 0. The summed E-state index contributed by atoms with van der Waals surface area (Å²) in [6, 6.07) is 4.96. The second kappa shape index (κ2) is 5.23. The predicted octanol–water partition coefficient (Wildman–Crippen LogP) is 4.16. The van der Waals surface area contributed by atoms with Crippen LogP contribution in [-0.2, 0) is 45.5 Å². The molecule has 1 unspecified atom stereocenters. The summed E-state index contributed by atoms with van der Waals surface area (Å²) < 4.78 is 0. The van der Waals surface area contributed by atoms with Gasteiger partial charge in [0.25, 0.3) is 0 Å². The molecule has 0 amide bonds. The molecule has 2 aliphatic carbocycles. The molecule has 0 bridgehead atoms. The van der Waals surface area contributed by atoms with Crippen LogP contribution in [0.15, 0.2) is 18.2 Å². The van der Waals surface area contributed by atoms with Crippen LogP contribution < -0.4 is 0 Å². The van der Waals surface area contributed by atoms with Crippen molar-refractivity contribution in [2.24, 2.45) is 5.92 Å². The van der Waals surface area contributed by atoms with Crippen molar-refractivity contribution in [3.63, 3.8) is 0 Å². The van der Waals surface area contributed by atoms with Gasteiger partial charge >= 0.3 is 0 Å². The van der Waals surface area contributed by atoms with Crippen molar-refractivity contribution in [2.45, 2.75) is 46.0 Å². The number of fused-ring (bicyclic) bond motifs is 2.